The van der Waals surface area contributed by atoms with Gasteiger partial charge in [-0.25, -0.2) is 0 Å². The third-order valence-electron chi connectivity index (χ3n) is 1.95. The lowest BCUT2D eigenvalue weighted by Crippen LogP contribution is -1.96. The number of methoxy groups -OCH3 is 2. The van der Waals surface area contributed by atoms with Gasteiger partial charge in [0.05, 0.1) is 30.8 Å². The number of nitro groups is 1. The van der Waals surface area contributed by atoms with Crippen LogP contribution in [0.5, 0.6) is 5.75 Å². The summed E-state index contributed by atoms with van der Waals surface area (Å²) in [5.74, 6) is 0.679. The Morgan fingerprint density at radius 3 is 2.60 bits per heavy atom. The van der Waals surface area contributed by atoms with Gasteiger partial charge in [0.25, 0.3) is 5.69 Å². The van der Waals surface area contributed by atoms with E-state index in [2.05, 4.69) is 6.58 Å². The first-order valence-corrected chi connectivity index (χ1v) is 4.16. The summed E-state index contributed by atoms with van der Waals surface area (Å²) in [5.41, 5.74) is 0.268. The normalized spacial score (nSPS) is 9.47. The molecule has 5 heteroatoms. The van der Waals surface area contributed by atoms with Crippen LogP contribution in [0, 0.1) is 10.1 Å². The first-order chi connectivity index (χ1) is 7.10. The van der Waals surface area contributed by atoms with E-state index in [1.807, 2.05) is 0 Å². The third-order valence-corrected chi connectivity index (χ3v) is 1.95. The number of hydrogen-bond acceptors (Lipinski definition) is 4. The van der Waals surface area contributed by atoms with Crippen LogP contribution in [0.1, 0.15) is 5.56 Å². The highest BCUT2D eigenvalue weighted by Crippen LogP contribution is 2.29. The lowest BCUT2D eigenvalue weighted by atomic mass is 10.1. The predicted molar refractivity (Wildman–Crippen MR) is 55.7 cm³/mol. The van der Waals surface area contributed by atoms with E-state index in [1.54, 1.807) is 12.1 Å². The molecule has 0 atom stereocenters. The van der Waals surface area contributed by atoms with E-state index in [0.29, 0.717) is 11.3 Å². The summed E-state index contributed by atoms with van der Waals surface area (Å²) in [7, 11) is 2.86. The Hall–Kier alpha value is -2.04. The molecule has 15 heavy (non-hydrogen) atoms. The van der Waals surface area contributed by atoms with Crippen LogP contribution in [0.25, 0.3) is 5.76 Å². The minimum Gasteiger partial charge on any atom is -0.497 e. The smallest absolute Gasteiger partial charge is 0.284 e. The average molecular weight is 209 g/mol. The molecule has 0 aromatic heterocycles. The van der Waals surface area contributed by atoms with Gasteiger partial charge in [0.2, 0.25) is 0 Å². The van der Waals surface area contributed by atoms with Gasteiger partial charge in [0, 0.05) is 0 Å². The Bertz CT molecular complexity index is 400. The maximum atomic E-state index is 10.8. The molecule has 0 aliphatic heterocycles. The Kier molecular flexibility index (Phi) is 3.28. The summed E-state index contributed by atoms with van der Waals surface area (Å²) >= 11 is 0. The fraction of sp³-hybridized carbons (Fsp3) is 0.200. The van der Waals surface area contributed by atoms with Crippen LogP contribution in [0.4, 0.5) is 5.69 Å². The molecule has 0 saturated heterocycles. The highest BCUT2D eigenvalue weighted by molar-refractivity contribution is 5.68. The second-order valence-corrected chi connectivity index (χ2v) is 2.77. The maximum absolute atomic E-state index is 10.8. The molecule has 5 nitrogen and oxygen atoms in total. The number of ether oxygens (including phenoxy) is 2. The molecular formula is C10H11NO4. The van der Waals surface area contributed by atoms with Gasteiger partial charge in [-0.15, -0.1) is 0 Å². The maximum Gasteiger partial charge on any atom is 0.284 e. The zero-order valence-corrected chi connectivity index (χ0v) is 8.52. The lowest BCUT2D eigenvalue weighted by Gasteiger charge is -2.06. The molecule has 0 radical (unpaired) electrons. The first kappa shape index (κ1) is 11.0. The van der Waals surface area contributed by atoms with E-state index < -0.39 is 4.92 Å². The van der Waals surface area contributed by atoms with Crippen LogP contribution in [0.15, 0.2) is 24.8 Å². The van der Waals surface area contributed by atoms with Gasteiger partial charge in [0.1, 0.15) is 11.5 Å². The van der Waals surface area contributed by atoms with Gasteiger partial charge >= 0.3 is 0 Å². The molecule has 0 unspecified atom stereocenters. The number of nitro benzene ring substituents is 1. The van der Waals surface area contributed by atoms with E-state index in [-0.39, 0.29) is 11.4 Å². The van der Waals surface area contributed by atoms with Crippen LogP contribution < -0.4 is 4.74 Å². The molecular weight excluding hydrogens is 198 g/mol. The van der Waals surface area contributed by atoms with Crippen LogP contribution in [0.3, 0.4) is 0 Å². The topological polar surface area (TPSA) is 61.6 Å². The van der Waals surface area contributed by atoms with E-state index in [9.17, 15) is 10.1 Å². The van der Waals surface area contributed by atoms with Crippen molar-refractivity contribution < 1.29 is 14.4 Å². The van der Waals surface area contributed by atoms with Gasteiger partial charge in [-0.1, -0.05) is 6.58 Å². The van der Waals surface area contributed by atoms with E-state index in [1.165, 1.54) is 20.3 Å². The largest absolute Gasteiger partial charge is 0.497 e. The molecule has 0 heterocycles. The second kappa shape index (κ2) is 4.45. The molecule has 0 N–H and O–H groups in total. The molecule has 1 aromatic rings. The minimum absolute atomic E-state index is 0.0822. The summed E-state index contributed by atoms with van der Waals surface area (Å²) in [5, 5.41) is 10.8. The standard InChI is InChI=1S/C10H11NO4/c1-7(14-2)9-5-4-8(15-3)6-10(9)11(12)13/h4-6H,1H2,2-3H3. The summed E-state index contributed by atoms with van der Waals surface area (Å²) in [6.45, 7) is 3.57. The molecule has 0 aliphatic rings. The van der Waals surface area contributed by atoms with Crippen molar-refractivity contribution in [2.24, 2.45) is 0 Å². The molecule has 1 aromatic carbocycles. The van der Waals surface area contributed by atoms with E-state index in [0.717, 1.165) is 0 Å². The van der Waals surface area contributed by atoms with Crippen molar-refractivity contribution in [1.82, 2.24) is 0 Å². The Morgan fingerprint density at radius 2 is 2.13 bits per heavy atom. The highest BCUT2D eigenvalue weighted by Gasteiger charge is 2.17. The lowest BCUT2D eigenvalue weighted by molar-refractivity contribution is -0.385. The number of rotatable bonds is 4. The Balaban J connectivity index is 3.27. The average Bonchev–Trinajstić information content (AvgIpc) is 2.27. The number of benzene rings is 1. The summed E-state index contributed by atoms with van der Waals surface area (Å²) in [4.78, 5) is 10.3. The zero-order valence-electron chi connectivity index (χ0n) is 8.52. The summed E-state index contributed by atoms with van der Waals surface area (Å²) in [6.07, 6.45) is 0. The molecule has 0 fully saturated rings. The van der Waals surface area contributed by atoms with E-state index in [4.69, 9.17) is 9.47 Å². The Morgan fingerprint density at radius 1 is 1.47 bits per heavy atom. The van der Waals surface area contributed by atoms with Gasteiger partial charge in [-0.3, -0.25) is 10.1 Å². The van der Waals surface area contributed by atoms with Gasteiger partial charge < -0.3 is 9.47 Å². The SMILES string of the molecule is C=C(OC)c1ccc(OC)cc1[N+](=O)[O-]. The molecule has 0 saturated carbocycles. The zero-order chi connectivity index (χ0) is 11.4. The van der Waals surface area contributed by atoms with Gasteiger partial charge in [0.15, 0.2) is 0 Å². The van der Waals surface area contributed by atoms with Crippen molar-refractivity contribution in [1.29, 1.82) is 0 Å². The predicted octanol–water partition coefficient (Wildman–Crippen LogP) is 2.22. The summed E-state index contributed by atoms with van der Waals surface area (Å²) < 4.78 is 9.76. The van der Waals surface area contributed by atoms with Crippen molar-refractivity contribution in [2.45, 2.75) is 0 Å². The molecule has 0 aliphatic carbocycles. The van der Waals surface area contributed by atoms with Crippen LogP contribution in [-0.2, 0) is 4.74 Å². The third kappa shape index (κ3) is 2.25. The van der Waals surface area contributed by atoms with Crippen molar-refractivity contribution >= 4 is 11.4 Å². The first-order valence-electron chi connectivity index (χ1n) is 4.16. The Labute approximate surface area is 87.1 Å². The number of nitrogens with zero attached hydrogens (tertiary/aromatic N) is 1. The van der Waals surface area contributed by atoms with Gasteiger partial charge in [-0.05, 0) is 12.1 Å². The van der Waals surface area contributed by atoms with Crippen molar-refractivity contribution in [2.75, 3.05) is 14.2 Å². The van der Waals surface area contributed by atoms with Crippen molar-refractivity contribution in [3.8, 4) is 5.75 Å². The fourth-order valence-corrected chi connectivity index (χ4v) is 1.14. The van der Waals surface area contributed by atoms with E-state index >= 15 is 0 Å². The van der Waals surface area contributed by atoms with Crippen LogP contribution >= 0.6 is 0 Å². The molecule has 0 amide bonds. The highest BCUT2D eigenvalue weighted by atomic mass is 16.6. The number of hydrogen-bond donors (Lipinski definition) is 0. The van der Waals surface area contributed by atoms with Crippen molar-refractivity contribution in [3.05, 3.63) is 40.5 Å². The van der Waals surface area contributed by atoms with Gasteiger partial charge in [-0.2, -0.15) is 0 Å². The molecule has 1 rings (SSSR count). The molecule has 0 bridgehead atoms. The monoisotopic (exact) mass is 209 g/mol. The van der Waals surface area contributed by atoms with Crippen LogP contribution in [0.2, 0.25) is 0 Å². The minimum atomic E-state index is -0.498. The fourth-order valence-electron chi connectivity index (χ4n) is 1.14. The molecule has 80 valence electrons. The molecule has 0 spiro atoms. The quantitative estimate of drug-likeness (QED) is 0.433. The van der Waals surface area contributed by atoms with Crippen LogP contribution in [-0.4, -0.2) is 19.1 Å². The second-order valence-electron chi connectivity index (χ2n) is 2.77. The summed E-state index contributed by atoms with van der Waals surface area (Å²) in [6, 6.07) is 4.49. The van der Waals surface area contributed by atoms with Crippen molar-refractivity contribution in [3.63, 3.8) is 0 Å².